The molecule has 5 nitrogen and oxygen atoms in total. The Bertz CT molecular complexity index is 799. The number of guanidine groups is 1. The lowest BCUT2D eigenvalue weighted by Crippen LogP contribution is -2.38. The van der Waals surface area contributed by atoms with E-state index in [9.17, 15) is 9.50 Å². The van der Waals surface area contributed by atoms with Gasteiger partial charge in [-0.2, -0.15) is 0 Å². The Morgan fingerprint density at radius 1 is 1.25 bits per heavy atom. The summed E-state index contributed by atoms with van der Waals surface area (Å²) in [4.78, 5) is 4.58. The molecular weight excluding hydrogens is 472 g/mol. The van der Waals surface area contributed by atoms with Gasteiger partial charge in [-0.25, -0.2) is 9.38 Å². The van der Waals surface area contributed by atoms with E-state index in [0.717, 1.165) is 29.0 Å². The zero-order valence-electron chi connectivity index (χ0n) is 16.8. The first kappa shape index (κ1) is 24.2. The van der Waals surface area contributed by atoms with Crippen molar-refractivity contribution in [2.45, 2.75) is 40.0 Å². The molecule has 3 N–H and O–H groups in total. The maximum absolute atomic E-state index is 13.5. The topological polar surface area (TPSA) is 65.9 Å². The maximum atomic E-state index is 13.5. The van der Waals surface area contributed by atoms with Crippen molar-refractivity contribution in [3.63, 3.8) is 0 Å². The second-order valence-electron chi connectivity index (χ2n) is 6.39. The molecule has 2 rings (SSSR count). The van der Waals surface area contributed by atoms with Gasteiger partial charge in [0.05, 0.1) is 26.3 Å². The Balaban J connectivity index is 0.00000392. The van der Waals surface area contributed by atoms with Gasteiger partial charge in [0, 0.05) is 17.7 Å². The fourth-order valence-corrected chi connectivity index (χ4v) is 2.81. The highest BCUT2D eigenvalue weighted by Gasteiger charge is 2.13. The molecule has 0 saturated carbocycles. The highest BCUT2D eigenvalue weighted by Crippen LogP contribution is 2.26. The fraction of sp³-hybridized carbons (Fsp3) is 0.381. The van der Waals surface area contributed by atoms with Gasteiger partial charge in [0.1, 0.15) is 11.6 Å². The highest BCUT2D eigenvalue weighted by atomic mass is 127. The average Bonchev–Trinajstić information content (AvgIpc) is 2.67. The Morgan fingerprint density at radius 2 is 2.00 bits per heavy atom. The van der Waals surface area contributed by atoms with Crippen LogP contribution >= 0.6 is 24.0 Å². The van der Waals surface area contributed by atoms with Crippen LogP contribution in [0, 0.1) is 12.7 Å². The minimum Gasteiger partial charge on any atom is -0.496 e. The summed E-state index contributed by atoms with van der Waals surface area (Å²) < 4.78 is 19.0. The van der Waals surface area contributed by atoms with Crippen LogP contribution in [0.25, 0.3) is 0 Å². The van der Waals surface area contributed by atoms with Crippen LogP contribution in [0.5, 0.6) is 5.75 Å². The zero-order chi connectivity index (χ0) is 19.8. The highest BCUT2D eigenvalue weighted by molar-refractivity contribution is 14.0. The van der Waals surface area contributed by atoms with E-state index in [1.807, 2.05) is 32.9 Å². The number of aryl methyl sites for hydroxylation is 1. The zero-order valence-corrected chi connectivity index (χ0v) is 19.1. The second-order valence-corrected chi connectivity index (χ2v) is 6.39. The predicted octanol–water partition coefficient (Wildman–Crippen LogP) is 4.07. The van der Waals surface area contributed by atoms with Crippen molar-refractivity contribution in [3.05, 3.63) is 64.5 Å². The van der Waals surface area contributed by atoms with Crippen molar-refractivity contribution in [2.24, 2.45) is 4.99 Å². The molecular formula is C21H29FIN3O2. The summed E-state index contributed by atoms with van der Waals surface area (Å²) in [6.45, 7) is 6.85. The number of hydrogen-bond donors (Lipinski definition) is 3. The van der Waals surface area contributed by atoms with E-state index < -0.39 is 5.82 Å². The smallest absolute Gasteiger partial charge is 0.192 e. The van der Waals surface area contributed by atoms with E-state index >= 15 is 0 Å². The quantitative estimate of drug-likeness (QED) is 0.304. The number of hydrogen-bond acceptors (Lipinski definition) is 3. The van der Waals surface area contributed by atoms with Crippen molar-refractivity contribution in [2.75, 3.05) is 13.7 Å². The second kappa shape index (κ2) is 11.9. The molecule has 0 fully saturated rings. The number of nitrogens with zero attached hydrogens (tertiary/aromatic N) is 1. The number of methoxy groups -OCH3 is 1. The minimum atomic E-state index is -0.407. The van der Waals surface area contributed by atoms with Gasteiger partial charge in [0.2, 0.25) is 0 Å². The predicted molar refractivity (Wildman–Crippen MR) is 122 cm³/mol. The van der Waals surface area contributed by atoms with Crippen LogP contribution in [0.3, 0.4) is 0 Å². The summed E-state index contributed by atoms with van der Waals surface area (Å²) in [6, 6.07) is 10.7. The molecule has 0 aliphatic rings. The SMILES string of the molecule is CCNC(=NCc1ccc(F)c(CO)c1)NC(C)c1cc(C)ccc1OC.I. The number of halogens is 2. The standard InChI is InChI=1S/C21H28FN3O2.HI/c1-5-23-21(24-12-16-7-8-19(22)17(11-16)13-26)25-15(3)18-10-14(2)6-9-20(18)27-4;/h6-11,15,26H,5,12-13H2,1-4H3,(H2,23,24,25);1H. The summed E-state index contributed by atoms with van der Waals surface area (Å²) in [5.41, 5.74) is 3.31. The maximum Gasteiger partial charge on any atom is 0.192 e. The molecule has 0 amide bonds. The van der Waals surface area contributed by atoms with Crippen molar-refractivity contribution in [1.82, 2.24) is 10.6 Å². The number of aliphatic hydroxyl groups excluding tert-OH is 1. The van der Waals surface area contributed by atoms with Gasteiger partial charge in [-0.1, -0.05) is 23.8 Å². The summed E-state index contributed by atoms with van der Waals surface area (Å²) in [7, 11) is 1.66. The van der Waals surface area contributed by atoms with Crippen LogP contribution in [0.1, 0.15) is 42.1 Å². The first-order chi connectivity index (χ1) is 13.0. The first-order valence-electron chi connectivity index (χ1n) is 9.06. The molecule has 1 unspecified atom stereocenters. The van der Waals surface area contributed by atoms with Gasteiger partial charge < -0.3 is 20.5 Å². The Morgan fingerprint density at radius 3 is 2.64 bits per heavy atom. The van der Waals surface area contributed by atoms with Gasteiger partial charge in [0.25, 0.3) is 0 Å². The minimum absolute atomic E-state index is 0. The molecule has 0 bridgehead atoms. The van der Waals surface area contributed by atoms with Gasteiger partial charge in [-0.3, -0.25) is 0 Å². The molecule has 0 radical (unpaired) electrons. The molecule has 2 aromatic rings. The lowest BCUT2D eigenvalue weighted by Gasteiger charge is -2.20. The Labute approximate surface area is 183 Å². The van der Waals surface area contributed by atoms with Crippen LogP contribution in [0.15, 0.2) is 41.4 Å². The first-order valence-corrected chi connectivity index (χ1v) is 9.06. The van der Waals surface area contributed by atoms with E-state index in [-0.39, 0.29) is 42.2 Å². The largest absolute Gasteiger partial charge is 0.496 e. The van der Waals surface area contributed by atoms with Gasteiger partial charge in [0.15, 0.2) is 5.96 Å². The molecule has 0 heterocycles. The van der Waals surface area contributed by atoms with Gasteiger partial charge in [-0.05, 0) is 44.5 Å². The van der Waals surface area contributed by atoms with Gasteiger partial charge >= 0.3 is 0 Å². The number of ether oxygens (including phenoxy) is 1. The van der Waals surface area contributed by atoms with E-state index in [0.29, 0.717) is 12.5 Å². The third-order valence-electron chi connectivity index (χ3n) is 4.25. The third kappa shape index (κ3) is 6.63. The Hall–Kier alpha value is -1.87. The molecule has 28 heavy (non-hydrogen) atoms. The van der Waals surface area contributed by atoms with Crippen LogP contribution in [-0.4, -0.2) is 24.7 Å². The lowest BCUT2D eigenvalue weighted by molar-refractivity contribution is 0.275. The summed E-state index contributed by atoms with van der Waals surface area (Å²) in [6.07, 6.45) is 0. The lowest BCUT2D eigenvalue weighted by atomic mass is 10.0. The summed E-state index contributed by atoms with van der Waals surface area (Å²) in [5.74, 6) is 1.07. The number of rotatable bonds is 7. The van der Waals surface area contributed by atoms with E-state index in [2.05, 4.69) is 21.7 Å². The number of nitrogens with one attached hydrogen (secondary N) is 2. The molecule has 0 saturated heterocycles. The molecule has 2 aromatic carbocycles. The Kier molecular flexibility index (Phi) is 10.2. The van der Waals surface area contributed by atoms with E-state index in [4.69, 9.17) is 4.74 Å². The normalized spacial score (nSPS) is 12.1. The number of aliphatic imine (C=N–C) groups is 1. The van der Waals surface area contributed by atoms with Crippen LogP contribution < -0.4 is 15.4 Å². The molecule has 0 spiro atoms. The van der Waals surface area contributed by atoms with Crippen LogP contribution in [-0.2, 0) is 13.2 Å². The van der Waals surface area contributed by atoms with Crippen molar-refractivity contribution < 1.29 is 14.2 Å². The van der Waals surface area contributed by atoms with E-state index in [1.54, 1.807) is 19.2 Å². The molecule has 0 aliphatic carbocycles. The van der Waals surface area contributed by atoms with E-state index in [1.165, 1.54) is 6.07 Å². The van der Waals surface area contributed by atoms with Crippen LogP contribution in [0.4, 0.5) is 4.39 Å². The van der Waals surface area contributed by atoms with Crippen LogP contribution in [0.2, 0.25) is 0 Å². The molecule has 154 valence electrons. The average molecular weight is 501 g/mol. The molecule has 0 aliphatic heterocycles. The van der Waals surface area contributed by atoms with Gasteiger partial charge in [-0.15, -0.1) is 24.0 Å². The third-order valence-corrected chi connectivity index (χ3v) is 4.25. The number of aliphatic hydroxyl groups is 1. The van der Waals surface area contributed by atoms with Crippen molar-refractivity contribution in [1.29, 1.82) is 0 Å². The molecule has 7 heteroatoms. The van der Waals surface area contributed by atoms with Crippen molar-refractivity contribution >= 4 is 29.9 Å². The molecule has 1 atom stereocenters. The summed E-state index contributed by atoms with van der Waals surface area (Å²) >= 11 is 0. The molecule has 0 aromatic heterocycles. The summed E-state index contributed by atoms with van der Waals surface area (Å²) in [5, 5.41) is 15.8. The number of benzene rings is 2. The monoisotopic (exact) mass is 501 g/mol. The van der Waals surface area contributed by atoms with Crippen molar-refractivity contribution in [3.8, 4) is 5.75 Å². The fourth-order valence-electron chi connectivity index (χ4n) is 2.81.